The highest BCUT2D eigenvalue weighted by molar-refractivity contribution is 5.76. The lowest BCUT2D eigenvalue weighted by atomic mass is 10.1. The molecule has 0 spiro atoms. The number of hydrogen-bond acceptors (Lipinski definition) is 6. The van der Waals surface area contributed by atoms with Crippen LogP contribution in [-0.4, -0.2) is 84.7 Å². The summed E-state index contributed by atoms with van der Waals surface area (Å²) in [6, 6.07) is 7.12. The number of halogens is 1. The summed E-state index contributed by atoms with van der Waals surface area (Å²) in [5.74, 6) is 0.397. The number of rotatable bonds is 11. The quantitative estimate of drug-likeness (QED) is 0.268. The van der Waals surface area contributed by atoms with Crippen molar-refractivity contribution in [3.63, 3.8) is 0 Å². The second-order valence-electron chi connectivity index (χ2n) is 8.99. The average molecular weight is 500 g/mol. The molecule has 0 N–H and O–H groups in total. The van der Waals surface area contributed by atoms with Crippen molar-refractivity contribution in [2.24, 2.45) is 4.99 Å². The summed E-state index contributed by atoms with van der Waals surface area (Å²) in [4.78, 5) is 21.6. The number of aliphatic imine (C=N–C) groups is 1. The Kier molecular flexibility index (Phi) is 10.2. The Balaban J connectivity index is 1.67. The molecule has 9 heteroatoms. The van der Waals surface area contributed by atoms with E-state index in [4.69, 9.17) is 14.6 Å². The van der Waals surface area contributed by atoms with Crippen molar-refractivity contribution in [2.75, 3.05) is 47.0 Å². The Morgan fingerprint density at radius 3 is 2.61 bits per heavy atom. The van der Waals surface area contributed by atoms with E-state index < -0.39 is 0 Å². The molecule has 1 aromatic carbocycles. The molecule has 196 valence electrons. The number of hydrogen-bond donors (Lipinski definition) is 0. The molecule has 2 heterocycles. The van der Waals surface area contributed by atoms with Crippen LogP contribution in [0.15, 0.2) is 41.2 Å². The molecule has 1 atom stereocenters. The van der Waals surface area contributed by atoms with Gasteiger partial charge in [0.15, 0.2) is 0 Å². The zero-order chi connectivity index (χ0) is 26.1. The van der Waals surface area contributed by atoms with Crippen LogP contribution in [0.4, 0.5) is 4.39 Å². The molecule has 1 saturated heterocycles. The van der Waals surface area contributed by atoms with E-state index in [2.05, 4.69) is 16.8 Å². The molecule has 1 aromatic heterocycles. The van der Waals surface area contributed by atoms with E-state index in [1.807, 2.05) is 24.0 Å². The van der Waals surface area contributed by atoms with Crippen LogP contribution in [0.5, 0.6) is 0 Å². The Morgan fingerprint density at radius 2 is 1.97 bits per heavy atom. The lowest BCUT2D eigenvalue weighted by molar-refractivity contribution is -0.134. The zero-order valence-electron chi connectivity index (χ0n) is 22.0. The first-order valence-corrected chi connectivity index (χ1v) is 12.4. The third kappa shape index (κ3) is 7.24. The fourth-order valence-electron chi connectivity index (χ4n) is 4.35. The molecule has 1 aliphatic heterocycles. The predicted octanol–water partition coefficient (Wildman–Crippen LogP) is 3.69. The molecule has 1 amide bonds. The van der Waals surface area contributed by atoms with Crippen molar-refractivity contribution in [3.05, 3.63) is 53.3 Å². The van der Waals surface area contributed by atoms with Crippen molar-refractivity contribution >= 4 is 12.1 Å². The number of aromatic nitrogens is 2. The number of methoxy groups -OCH3 is 2. The van der Waals surface area contributed by atoms with Gasteiger partial charge in [-0.05, 0) is 69.5 Å². The van der Waals surface area contributed by atoms with E-state index in [9.17, 15) is 9.18 Å². The third-order valence-corrected chi connectivity index (χ3v) is 6.48. The van der Waals surface area contributed by atoms with Gasteiger partial charge in [0.05, 0.1) is 12.8 Å². The SMILES string of the molecule is C/C=N\C(=C/C(C)N1CCN(C(=O)Cn2nc(-c3ccc(F)c(C)c3)cc2CCCOC)CC1)OC. The molecule has 36 heavy (non-hydrogen) atoms. The van der Waals surface area contributed by atoms with Crippen LogP contribution in [-0.2, 0) is 27.2 Å². The first-order chi connectivity index (χ1) is 17.4. The normalized spacial score (nSPS) is 16.1. The van der Waals surface area contributed by atoms with Gasteiger partial charge in [0.25, 0.3) is 0 Å². The molecule has 2 aromatic rings. The van der Waals surface area contributed by atoms with E-state index >= 15 is 0 Å². The lowest BCUT2D eigenvalue weighted by Crippen LogP contribution is -2.51. The maximum absolute atomic E-state index is 13.8. The maximum atomic E-state index is 13.8. The van der Waals surface area contributed by atoms with Crippen molar-refractivity contribution in [1.82, 2.24) is 19.6 Å². The fraction of sp³-hybridized carbons (Fsp3) is 0.519. The summed E-state index contributed by atoms with van der Waals surface area (Å²) in [5.41, 5.74) is 3.12. The van der Waals surface area contributed by atoms with Crippen molar-refractivity contribution in [1.29, 1.82) is 0 Å². The van der Waals surface area contributed by atoms with Gasteiger partial charge in [-0.2, -0.15) is 5.10 Å². The largest absolute Gasteiger partial charge is 0.481 e. The number of nitrogens with zero attached hydrogens (tertiary/aromatic N) is 5. The van der Waals surface area contributed by atoms with Crippen molar-refractivity contribution in [2.45, 2.75) is 46.2 Å². The molecule has 8 nitrogen and oxygen atoms in total. The molecule has 0 bridgehead atoms. The summed E-state index contributed by atoms with van der Waals surface area (Å²) in [7, 11) is 3.29. The Morgan fingerprint density at radius 1 is 1.22 bits per heavy atom. The molecule has 1 fully saturated rings. The lowest BCUT2D eigenvalue weighted by Gasteiger charge is -2.37. The van der Waals surface area contributed by atoms with Crippen LogP contribution < -0.4 is 0 Å². The number of amides is 1. The third-order valence-electron chi connectivity index (χ3n) is 6.48. The van der Waals surface area contributed by atoms with Gasteiger partial charge in [0, 0.05) is 63.4 Å². The van der Waals surface area contributed by atoms with Crippen LogP contribution in [0, 0.1) is 12.7 Å². The minimum Gasteiger partial charge on any atom is -0.481 e. The number of benzene rings is 1. The number of piperazine rings is 1. The van der Waals surface area contributed by atoms with Crippen LogP contribution >= 0.6 is 0 Å². The van der Waals surface area contributed by atoms with E-state index in [0.717, 1.165) is 42.9 Å². The van der Waals surface area contributed by atoms with Gasteiger partial charge >= 0.3 is 0 Å². The molecular formula is C27H38FN5O3. The Labute approximate surface area is 213 Å². The minimum absolute atomic E-state index is 0.0453. The number of carbonyl (C=O) groups excluding carboxylic acids is 1. The van der Waals surface area contributed by atoms with Gasteiger partial charge in [-0.3, -0.25) is 14.4 Å². The summed E-state index contributed by atoms with van der Waals surface area (Å²) in [5, 5.41) is 4.73. The van der Waals surface area contributed by atoms with Crippen molar-refractivity contribution in [3.8, 4) is 11.3 Å². The first kappa shape index (κ1) is 27.5. The minimum atomic E-state index is -0.242. The first-order valence-electron chi connectivity index (χ1n) is 12.4. The van der Waals surface area contributed by atoms with Gasteiger partial charge in [0.2, 0.25) is 11.8 Å². The standard InChI is InChI=1S/C27H38FN5O3/c1-6-29-26(36-5)17-21(3)31-11-13-32(14-12-31)27(34)19-33-23(8-7-15-35-4)18-25(30-33)22-9-10-24(28)20(2)16-22/h6,9-10,16-18,21H,7-8,11-15,19H2,1-5H3/b26-17+,29-6-. The van der Waals surface area contributed by atoms with Crippen LogP contribution in [0.1, 0.15) is 31.5 Å². The molecule has 1 unspecified atom stereocenters. The van der Waals surface area contributed by atoms with Gasteiger partial charge in [-0.25, -0.2) is 9.38 Å². The van der Waals surface area contributed by atoms with E-state index in [1.165, 1.54) is 6.07 Å². The number of carbonyl (C=O) groups is 1. The topological polar surface area (TPSA) is 72.2 Å². The maximum Gasteiger partial charge on any atom is 0.244 e. The highest BCUT2D eigenvalue weighted by Gasteiger charge is 2.25. The van der Waals surface area contributed by atoms with Crippen LogP contribution in [0.3, 0.4) is 0 Å². The number of aryl methyl sites for hydroxylation is 2. The highest BCUT2D eigenvalue weighted by atomic mass is 19.1. The monoisotopic (exact) mass is 499 g/mol. The van der Waals surface area contributed by atoms with Crippen LogP contribution in [0.2, 0.25) is 0 Å². The van der Waals surface area contributed by atoms with Gasteiger partial charge < -0.3 is 14.4 Å². The fourth-order valence-corrected chi connectivity index (χ4v) is 4.35. The summed E-state index contributed by atoms with van der Waals surface area (Å²) >= 11 is 0. The molecule has 0 saturated carbocycles. The zero-order valence-corrected chi connectivity index (χ0v) is 22.0. The second kappa shape index (κ2) is 13.3. The second-order valence-corrected chi connectivity index (χ2v) is 8.99. The van der Waals surface area contributed by atoms with Gasteiger partial charge in [-0.15, -0.1) is 0 Å². The van der Waals surface area contributed by atoms with E-state index in [-0.39, 0.29) is 24.3 Å². The molecule has 3 rings (SSSR count). The average Bonchev–Trinajstić information content (AvgIpc) is 3.27. The van der Waals surface area contributed by atoms with Crippen molar-refractivity contribution < 1.29 is 18.7 Å². The van der Waals surface area contributed by atoms with E-state index in [0.29, 0.717) is 31.1 Å². The van der Waals surface area contributed by atoms with Crippen LogP contribution in [0.25, 0.3) is 11.3 Å². The summed E-state index contributed by atoms with van der Waals surface area (Å²) in [6.07, 6.45) is 5.27. The summed E-state index contributed by atoms with van der Waals surface area (Å²) < 4.78 is 26.1. The van der Waals surface area contributed by atoms with E-state index in [1.54, 1.807) is 44.2 Å². The van der Waals surface area contributed by atoms with Gasteiger partial charge in [-0.1, -0.05) is 0 Å². The molecule has 1 aliphatic rings. The molecular weight excluding hydrogens is 461 g/mol. The molecule has 0 aliphatic carbocycles. The predicted molar refractivity (Wildman–Crippen MR) is 139 cm³/mol. The van der Waals surface area contributed by atoms with Gasteiger partial charge in [0.1, 0.15) is 12.4 Å². The Hall–Kier alpha value is -3.04. The number of ether oxygens (including phenoxy) is 2. The highest BCUT2D eigenvalue weighted by Crippen LogP contribution is 2.23. The Bertz CT molecular complexity index is 1070. The smallest absolute Gasteiger partial charge is 0.244 e. The molecule has 0 radical (unpaired) electrons. The summed E-state index contributed by atoms with van der Waals surface area (Å²) in [6.45, 7) is 9.37.